The molecule has 3 rings (SSSR count). The highest BCUT2D eigenvalue weighted by molar-refractivity contribution is 6.04. The lowest BCUT2D eigenvalue weighted by atomic mass is 9.95. The van der Waals surface area contributed by atoms with Crippen LogP contribution in [-0.4, -0.2) is 56.1 Å². The molecule has 112 valence electrons. The van der Waals surface area contributed by atoms with Crippen molar-refractivity contribution >= 4 is 17.1 Å². The molecule has 1 saturated heterocycles. The molecule has 1 aliphatic rings. The zero-order chi connectivity index (χ0) is 15.0. The molecule has 0 radical (unpaired) electrons. The molecular weight excluding hydrogens is 270 g/mol. The molecule has 0 aromatic carbocycles. The topological polar surface area (TPSA) is 73.1 Å². The number of rotatable bonds is 2. The normalized spacial score (nSPS) is 22.7. The summed E-state index contributed by atoms with van der Waals surface area (Å²) in [7, 11) is 1.77. The molecule has 21 heavy (non-hydrogen) atoms. The van der Waals surface area contributed by atoms with Crippen molar-refractivity contribution in [2.45, 2.75) is 25.8 Å². The number of nitrogens with zero attached hydrogens (tertiary/aromatic N) is 5. The summed E-state index contributed by atoms with van der Waals surface area (Å²) >= 11 is 0. The van der Waals surface area contributed by atoms with Crippen LogP contribution in [0.15, 0.2) is 12.3 Å². The average Bonchev–Trinajstić information content (AvgIpc) is 2.89. The van der Waals surface area contributed by atoms with Crippen LogP contribution in [0, 0.1) is 0 Å². The Bertz CT molecular complexity index is 683. The summed E-state index contributed by atoms with van der Waals surface area (Å²) in [5, 5.41) is 8.03. The fourth-order valence-corrected chi connectivity index (χ4v) is 2.69. The van der Waals surface area contributed by atoms with Crippen molar-refractivity contribution in [1.29, 1.82) is 0 Å². The first-order chi connectivity index (χ1) is 10.1. The van der Waals surface area contributed by atoms with Crippen molar-refractivity contribution in [3.8, 4) is 0 Å². The molecule has 3 heterocycles. The summed E-state index contributed by atoms with van der Waals surface area (Å²) in [4.78, 5) is 19.1. The van der Waals surface area contributed by atoms with Crippen LogP contribution < -0.4 is 0 Å². The summed E-state index contributed by atoms with van der Waals surface area (Å²) in [5.74, 6) is -0.0319. The maximum absolute atomic E-state index is 13.0. The number of hydrogen-bond donors (Lipinski definition) is 0. The summed E-state index contributed by atoms with van der Waals surface area (Å²) in [6.45, 7) is 5.84. The monoisotopic (exact) mass is 289 g/mol. The number of amides is 1. The Morgan fingerprint density at radius 1 is 1.52 bits per heavy atom. The van der Waals surface area contributed by atoms with Crippen molar-refractivity contribution in [3.05, 3.63) is 17.8 Å². The van der Waals surface area contributed by atoms with Crippen molar-refractivity contribution in [2.24, 2.45) is 7.05 Å². The van der Waals surface area contributed by atoms with Crippen molar-refractivity contribution < 1.29 is 9.53 Å². The van der Waals surface area contributed by atoms with Gasteiger partial charge in [-0.1, -0.05) is 12.1 Å². The maximum atomic E-state index is 13.0. The number of carbonyl (C=O) groups is 1. The summed E-state index contributed by atoms with van der Waals surface area (Å²) in [5.41, 5.74) is 1.43. The Labute approximate surface area is 122 Å². The van der Waals surface area contributed by atoms with Gasteiger partial charge in [0.1, 0.15) is 5.52 Å². The fourth-order valence-electron chi connectivity index (χ4n) is 2.69. The molecule has 0 spiro atoms. The Morgan fingerprint density at radius 2 is 2.33 bits per heavy atom. The standard InChI is InChI=1S/C14H19N5O2/c1-4-14(2)9-21-8-7-19(14)13(20)10-5-6-15-12-11(10)16-17-18(12)3/h5-6H,4,7-9H2,1-3H3. The molecular formula is C14H19N5O2. The van der Waals surface area contributed by atoms with E-state index in [1.165, 1.54) is 0 Å². The minimum Gasteiger partial charge on any atom is -0.377 e. The van der Waals surface area contributed by atoms with E-state index in [0.717, 1.165) is 6.42 Å². The quantitative estimate of drug-likeness (QED) is 0.825. The molecule has 7 heteroatoms. The van der Waals surface area contributed by atoms with Gasteiger partial charge in [0.2, 0.25) is 0 Å². The van der Waals surface area contributed by atoms with E-state index < -0.39 is 0 Å². The minimum absolute atomic E-state index is 0.0319. The van der Waals surface area contributed by atoms with Gasteiger partial charge >= 0.3 is 0 Å². The van der Waals surface area contributed by atoms with E-state index >= 15 is 0 Å². The Hall–Kier alpha value is -2.02. The van der Waals surface area contributed by atoms with Crippen molar-refractivity contribution in [1.82, 2.24) is 24.9 Å². The second-order valence-corrected chi connectivity index (χ2v) is 5.60. The van der Waals surface area contributed by atoms with Gasteiger partial charge in [0.25, 0.3) is 5.91 Å². The van der Waals surface area contributed by atoms with Gasteiger partial charge in [-0.3, -0.25) is 4.79 Å². The molecule has 1 unspecified atom stereocenters. The number of aryl methyl sites for hydroxylation is 1. The first kappa shape index (κ1) is 13.9. The summed E-state index contributed by atoms with van der Waals surface area (Å²) in [6, 6.07) is 1.71. The highest BCUT2D eigenvalue weighted by Gasteiger charge is 2.38. The molecule has 0 aliphatic carbocycles. The van der Waals surface area contributed by atoms with Gasteiger partial charge in [-0.15, -0.1) is 5.10 Å². The van der Waals surface area contributed by atoms with E-state index in [1.54, 1.807) is 24.0 Å². The van der Waals surface area contributed by atoms with E-state index in [4.69, 9.17) is 4.74 Å². The van der Waals surface area contributed by atoms with Crippen LogP contribution in [0.25, 0.3) is 11.2 Å². The second-order valence-electron chi connectivity index (χ2n) is 5.60. The van der Waals surface area contributed by atoms with Crippen LogP contribution in [0.4, 0.5) is 0 Å². The largest absolute Gasteiger partial charge is 0.377 e. The molecule has 2 aromatic rings. The highest BCUT2D eigenvalue weighted by Crippen LogP contribution is 2.26. The van der Waals surface area contributed by atoms with Crippen molar-refractivity contribution in [3.63, 3.8) is 0 Å². The van der Waals surface area contributed by atoms with E-state index in [1.807, 2.05) is 4.90 Å². The maximum Gasteiger partial charge on any atom is 0.256 e. The Balaban J connectivity index is 2.04. The van der Waals surface area contributed by atoms with Gasteiger partial charge in [0.15, 0.2) is 5.65 Å². The zero-order valence-electron chi connectivity index (χ0n) is 12.5. The van der Waals surface area contributed by atoms with Crippen LogP contribution in [0.3, 0.4) is 0 Å². The number of ether oxygens (including phenoxy) is 1. The van der Waals surface area contributed by atoms with Crippen LogP contribution in [0.1, 0.15) is 30.6 Å². The molecule has 1 amide bonds. The molecule has 1 atom stereocenters. The van der Waals surface area contributed by atoms with Crippen LogP contribution in [0.5, 0.6) is 0 Å². The van der Waals surface area contributed by atoms with Crippen molar-refractivity contribution in [2.75, 3.05) is 19.8 Å². The predicted octanol–water partition coefficient (Wildman–Crippen LogP) is 1.00. The first-order valence-corrected chi connectivity index (χ1v) is 7.11. The van der Waals surface area contributed by atoms with Gasteiger partial charge in [-0.25, -0.2) is 9.67 Å². The van der Waals surface area contributed by atoms with E-state index in [2.05, 4.69) is 29.1 Å². The number of carbonyl (C=O) groups excluding carboxylic acids is 1. The molecule has 0 saturated carbocycles. The number of morpholine rings is 1. The van der Waals surface area contributed by atoms with Crippen LogP contribution >= 0.6 is 0 Å². The number of pyridine rings is 1. The van der Waals surface area contributed by atoms with Gasteiger partial charge in [-0.2, -0.15) is 0 Å². The molecule has 0 N–H and O–H groups in total. The first-order valence-electron chi connectivity index (χ1n) is 7.11. The van der Waals surface area contributed by atoms with Crippen LogP contribution in [0.2, 0.25) is 0 Å². The average molecular weight is 289 g/mol. The molecule has 1 aliphatic heterocycles. The van der Waals surface area contributed by atoms with Crippen LogP contribution in [-0.2, 0) is 11.8 Å². The van der Waals surface area contributed by atoms with E-state index in [0.29, 0.717) is 36.5 Å². The van der Waals surface area contributed by atoms with Gasteiger partial charge < -0.3 is 9.64 Å². The van der Waals surface area contributed by atoms with Gasteiger partial charge in [-0.05, 0) is 19.4 Å². The SMILES string of the molecule is CCC1(C)COCCN1C(=O)c1ccnc2c1nnn2C. The minimum atomic E-state index is -0.285. The predicted molar refractivity (Wildman–Crippen MR) is 76.9 cm³/mol. The second kappa shape index (κ2) is 5.07. The molecule has 2 aromatic heterocycles. The fraction of sp³-hybridized carbons (Fsp3) is 0.571. The van der Waals surface area contributed by atoms with E-state index in [9.17, 15) is 4.79 Å². The molecule has 0 bridgehead atoms. The lowest BCUT2D eigenvalue weighted by molar-refractivity contribution is -0.0465. The zero-order valence-corrected chi connectivity index (χ0v) is 12.5. The van der Waals surface area contributed by atoms with Gasteiger partial charge in [0, 0.05) is 19.8 Å². The Morgan fingerprint density at radius 3 is 3.10 bits per heavy atom. The smallest absolute Gasteiger partial charge is 0.256 e. The van der Waals surface area contributed by atoms with Gasteiger partial charge in [0.05, 0.1) is 24.3 Å². The van der Waals surface area contributed by atoms with E-state index in [-0.39, 0.29) is 11.4 Å². The Kier molecular flexibility index (Phi) is 3.36. The third kappa shape index (κ3) is 2.17. The summed E-state index contributed by atoms with van der Waals surface area (Å²) < 4.78 is 7.12. The highest BCUT2D eigenvalue weighted by atomic mass is 16.5. The third-order valence-corrected chi connectivity index (χ3v) is 4.25. The summed E-state index contributed by atoms with van der Waals surface area (Å²) in [6.07, 6.45) is 2.47. The third-order valence-electron chi connectivity index (χ3n) is 4.25. The number of aromatic nitrogens is 4. The lowest BCUT2D eigenvalue weighted by Gasteiger charge is -2.44. The number of hydrogen-bond acceptors (Lipinski definition) is 5. The molecule has 1 fully saturated rings. The molecule has 7 nitrogen and oxygen atoms in total. The lowest BCUT2D eigenvalue weighted by Crippen LogP contribution is -2.57. The number of fused-ring (bicyclic) bond motifs is 1.